The predicted molar refractivity (Wildman–Crippen MR) is 136 cm³/mol. The van der Waals surface area contributed by atoms with E-state index in [1.165, 1.54) is 0 Å². The Labute approximate surface area is 215 Å². The molecule has 1 saturated heterocycles. The molecule has 3 aromatic rings. The van der Waals surface area contributed by atoms with E-state index in [9.17, 15) is 14.4 Å². The van der Waals surface area contributed by atoms with Crippen molar-refractivity contribution < 1.29 is 28.4 Å². The summed E-state index contributed by atoms with van der Waals surface area (Å²) in [5, 5.41) is 6.77. The molecule has 1 fully saturated rings. The Morgan fingerprint density at radius 2 is 1.84 bits per heavy atom. The summed E-state index contributed by atoms with van der Waals surface area (Å²) in [5.41, 5.74) is 1.71. The SMILES string of the molecule is CCOC(=O)C1CCN(C(=O)C(Cc2ccccc2)NC(=O)c2cc(-c3cccc(OC)c3)on2)CC1. The zero-order chi connectivity index (χ0) is 26.2. The van der Waals surface area contributed by atoms with Gasteiger partial charge in [0.2, 0.25) is 5.91 Å². The van der Waals surface area contributed by atoms with Gasteiger partial charge < -0.3 is 24.2 Å². The molecular formula is C28H31N3O6. The van der Waals surface area contributed by atoms with Crippen LogP contribution < -0.4 is 10.1 Å². The van der Waals surface area contributed by atoms with Gasteiger partial charge in [-0.1, -0.05) is 47.6 Å². The van der Waals surface area contributed by atoms with Crippen molar-refractivity contribution in [1.29, 1.82) is 0 Å². The fourth-order valence-electron chi connectivity index (χ4n) is 4.39. The summed E-state index contributed by atoms with van der Waals surface area (Å²) < 4.78 is 15.8. The molecule has 1 unspecified atom stereocenters. The summed E-state index contributed by atoms with van der Waals surface area (Å²) in [6.45, 7) is 2.97. The minimum Gasteiger partial charge on any atom is -0.497 e. The van der Waals surface area contributed by atoms with Gasteiger partial charge in [-0.2, -0.15) is 0 Å². The number of carbonyl (C=O) groups is 3. The van der Waals surface area contributed by atoms with Gasteiger partial charge in [-0.3, -0.25) is 14.4 Å². The fourth-order valence-corrected chi connectivity index (χ4v) is 4.39. The van der Waals surface area contributed by atoms with Gasteiger partial charge in [-0.25, -0.2) is 0 Å². The van der Waals surface area contributed by atoms with Crippen molar-refractivity contribution >= 4 is 17.8 Å². The highest BCUT2D eigenvalue weighted by Gasteiger charge is 2.32. The molecule has 0 bridgehead atoms. The topological polar surface area (TPSA) is 111 Å². The highest BCUT2D eigenvalue weighted by molar-refractivity contribution is 5.96. The van der Waals surface area contributed by atoms with Gasteiger partial charge in [0.25, 0.3) is 5.91 Å². The molecular weight excluding hydrogens is 474 g/mol. The first-order valence-electron chi connectivity index (χ1n) is 12.4. The number of carbonyl (C=O) groups excluding carboxylic acids is 3. The van der Waals surface area contributed by atoms with Crippen LogP contribution in [0.2, 0.25) is 0 Å². The number of rotatable bonds is 9. The van der Waals surface area contributed by atoms with E-state index in [1.54, 1.807) is 31.1 Å². The largest absolute Gasteiger partial charge is 0.497 e. The molecule has 9 heteroatoms. The quantitative estimate of drug-likeness (QED) is 0.443. The molecule has 37 heavy (non-hydrogen) atoms. The van der Waals surface area contributed by atoms with E-state index in [-0.39, 0.29) is 23.5 Å². The summed E-state index contributed by atoms with van der Waals surface area (Å²) in [4.78, 5) is 40.4. The fraction of sp³-hybridized carbons (Fsp3) is 0.357. The number of benzene rings is 2. The molecule has 9 nitrogen and oxygen atoms in total. The average Bonchev–Trinajstić information content (AvgIpc) is 3.44. The minimum atomic E-state index is -0.800. The third-order valence-electron chi connectivity index (χ3n) is 6.41. The summed E-state index contributed by atoms with van der Waals surface area (Å²) in [6, 6.07) is 17.5. The average molecular weight is 506 g/mol. The molecule has 0 spiro atoms. The van der Waals surface area contributed by atoms with E-state index in [2.05, 4.69) is 10.5 Å². The van der Waals surface area contributed by atoms with Gasteiger partial charge in [0.15, 0.2) is 11.5 Å². The van der Waals surface area contributed by atoms with Crippen LogP contribution >= 0.6 is 0 Å². The van der Waals surface area contributed by atoms with Crippen molar-refractivity contribution in [1.82, 2.24) is 15.4 Å². The molecule has 1 aliphatic heterocycles. The molecule has 0 radical (unpaired) electrons. The Balaban J connectivity index is 1.47. The Morgan fingerprint density at radius 1 is 1.08 bits per heavy atom. The molecule has 4 rings (SSSR count). The third kappa shape index (κ3) is 6.55. The van der Waals surface area contributed by atoms with Gasteiger partial charge in [-0.05, 0) is 37.5 Å². The number of methoxy groups -OCH3 is 1. The van der Waals surface area contributed by atoms with Crippen molar-refractivity contribution in [2.24, 2.45) is 5.92 Å². The van der Waals surface area contributed by atoms with Crippen LogP contribution in [0.3, 0.4) is 0 Å². The number of ether oxygens (including phenoxy) is 2. The normalized spacial score (nSPS) is 14.6. The van der Waals surface area contributed by atoms with Crippen molar-refractivity contribution in [3.8, 4) is 17.1 Å². The van der Waals surface area contributed by atoms with Crippen molar-refractivity contribution in [2.75, 3.05) is 26.8 Å². The zero-order valence-corrected chi connectivity index (χ0v) is 21.0. The van der Waals surface area contributed by atoms with E-state index in [0.29, 0.717) is 56.0 Å². The number of nitrogens with zero attached hydrogens (tertiary/aromatic N) is 2. The summed E-state index contributed by atoms with van der Waals surface area (Å²) >= 11 is 0. The Kier molecular flexibility index (Phi) is 8.56. The van der Waals surface area contributed by atoms with E-state index in [0.717, 1.165) is 5.56 Å². The van der Waals surface area contributed by atoms with Crippen molar-refractivity contribution in [3.05, 3.63) is 71.9 Å². The maximum atomic E-state index is 13.5. The van der Waals surface area contributed by atoms with Gasteiger partial charge in [0.05, 0.1) is 19.6 Å². The molecule has 0 aliphatic carbocycles. The maximum absolute atomic E-state index is 13.5. The number of likely N-dealkylation sites (tertiary alicyclic amines) is 1. The number of hydrogen-bond acceptors (Lipinski definition) is 7. The lowest BCUT2D eigenvalue weighted by atomic mass is 9.95. The minimum absolute atomic E-state index is 0.0738. The maximum Gasteiger partial charge on any atom is 0.309 e. The second-order valence-electron chi connectivity index (χ2n) is 8.88. The van der Waals surface area contributed by atoms with Gasteiger partial charge >= 0.3 is 5.97 Å². The number of nitrogens with one attached hydrogen (secondary N) is 1. The van der Waals surface area contributed by atoms with Crippen LogP contribution in [0, 0.1) is 5.92 Å². The van der Waals surface area contributed by atoms with Crippen LogP contribution in [0.15, 0.2) is 65.2 Å². The van der Waals surface area contributed by atoms with E-state index < -0.39 is 11.9 Å². The van der Waals surface area contributed by atoms with Crippen molar-refractivity contribution in [2.45, 2.75) is 32.2 Å². The first-order chi connectivity index (χ1) is 18.0. The lowest BCUT2D eigenvalue weighted by Crippen LogP contribution is -2.52. The van der Waals surface area contributed by atoms with E-state index in [4.69, 9.17) is 14.0 Å². The lowest BCUT2D eigenvalue weighted by molar-refractivity contribution is -0.151. The molecule has 1 aromatic heterocycles. The number of hydrogen-bond donors (Lipinski definition) is 1. The number of aromatic nitrogens is 1. The number of piperidine rings is 1. The predicted octanol–water partition coefficient (Wildman–Crippen LogP) is 3.49. The number of esters is 1. The summed E-state index contributed by atoms with van der Waals surface area (Å²) in [6.07, 6.45) is 1.39. The first-order valence-corrected chi connectivity index (χ1v) is 12.4. The third-order valence-corrected chi connectivity index (χ3v) is 6.41. The Morgan fingerprint density at radius 3 is 2.54 bits per heavy atom. The second kappa shape index (κ2) is 12.2. The van der Waals surface area contributed by atoms with Crippen LogP contribution in [0.1, 0.15) is 35.8 Å². The van der Waals surface area contributed by atoms with E-state index in [1.807, 2.05) is 48.5 Å². The second-order valence-corrected chi connectivity index (χ2v) is 8.88. The molecule has 2 aromatic carbocycles. The Hall–Kier alpha value is -4.14. The number of amides is 2. The van der Waals surface area contributed by atoms with Crippen LogP contribution in [0.4, 0.5) is 0 Å². The highest BCUT2D eigenvalue weighted by atomic mass is 16.5. The van der Waals surface area contributed by atoms with E-state index >= 15 is 0 Å². The monoisotopic (exact) mass is 505 g/mol. The van der Waals surface area contributed by atoms with Gasteiger partial charge in [0.1, 0.15) is 11.8 Å². The lowest BCUT2D eigenvalue weighted by Gasteiger charge is -2.33. The summed E-state index contributed by atoms with van der Waals surface area (Å²) in [5.74, 6) is -0.0706. The zero-order valence-electron chi connectivity index (χ0n) is 21.0. The molecule has 1 N–H and O–H groups in total. The van der Waals surface area contributed by atoms with Gasteiger partial charge in [0, 0.05) is 31.1 Å². The van der Waals surface area contributed by atoms with Crippen molar-refractivity contribution in [3.63, 3.8) is 0 Å². The molecule has 2 amide bonds. The molecule has 0 saturated carbocycles. The standard InChI is InChI=1S/C28H31N3O6/c1-3-36-28(34)20-12-14-31(15-13-20)27(33)24(16-19-8-5-4-6-9-19)29-26(32)23-18-25(37-30-23)21-10-7-11-22(17-21)35-2/h4-11,17-18,20,24H,3,12-16H2,1-2H3,(H,29,32). The van der Waals surface area contributed by atoms with Gasteiger partial charge in [-0.15, -0.1) is 0 Å². The first kappa shape index (κ1) is 25.9. The smallest absolute Gasteiger partial charge is 0.309 e. The summed E-state index contributed by atoms with van der Waals surface area (Å²) in [7, 11) is 1.57. The molecule has 1 aliphatic rings. The van der Waals surface area contributed by atoms with Crippen LogP contribution in [0.25, 0.3) is 11.3 Å². The Bertz CT molecular complexity index is 1220. The van der Waals surface area contributed by atoms with Crippen LogP contribution in [0.5, 0.6) is 5.75 Å². The molecule has 1 atom stereocenters. The molecule has 194 valence electrons. The molecule has 2 heterocycles. The van der Waals surface area contributed by atoms with Crippen LogP contribution in [-0.2, 0) is 20.7 Å². The highest BCUT2D eigenvalue weighted by Crippen LogP contribution is 2.25. The van der Waals surface area contributed by atoms with Crippen LogP contribution in [-0.4, -0.2) is 60.7 Å².